The molecule has 102 valence electrons. The van der Waals surface area contributed by atoms with E-state index < -0.39 is 0 Å². The van der Waals surface area contributed by atoms with Crippen LogP contribution in [0.1, 0.15) is 23.7 Å². The Morgan fingerprint density at radius 1 is 1.16 bits per heavy atom. The Bertz CT molecular complexity index is 537. The van der Waals surface area contributed by atoms with Crippen LogP contribution >= 0.6 is 15.9 Å². The molecule has 0 amide bonds. The topological polar surface area (TPSA) is 18.5 Å². The predicted octanol–water partition coefficient (Wildman–Crippen LogP) is 4.71. The van der Waals surface area contributed by atoms with Crippen molar-refractivity contribution in [2.24, 2.45) is 0 Å². The fourth-order valence-electron chi connectivity index (χ4n) is 2.03. The van der Waals surface area contributed by atoms with E-state index in [4.69, 9.17) is 9.47 Å². The summed E-state index contributed by atoms with van der Waals surface area (Å²) in [6.07, 6.45) is 0.902. The first-order valence-electron chi connectivity index (χ1n) is 6.51. The molecule has 1 unspecified atom stereocenters. The molecular weight excluding hydrogens is 304 g/mol. The van der Waals surface area contributed by atoms with Gasteiger partial charge in [-0.2, -0.15) is 0 Å². The van der Waals surface area contributed by atoms with Crippen molar-refractivity contribution in [2.75, 3.05) is 20.3 Å². The molecule has 0 aliphatic rings. The van der Waals surface area contributed by atoms with E-state index in [-0.39, 0.29) is 0 Å². The van der Waals surface area contributed by atoms with Gasteiger partial charge in [0.2, 0.25) is 0 Å². The van der Waals surface area contributed by atoms with Gasteiger partial charge in [0.15, 0.2) is 0 Å². The van der Waals surface area contributed by atoms with Crippen LogP contribution in [0.15, 0.2) is 36.4 Å². The fourth-order valence-corrected chi connectivity index (χ4v) is 2.30. The maximum absolute atomic E-state index is 5.91. The van der Waals surface area contributed by atoms with Gasteiger partial charge in [-0.25, -0.2) is 0 Å². The van der Waals surface area contributed by atoms with E-state index in [1.807, 2.05) is 6.07 Å². The van der Waals surface area contributed by atoms with Gasteiger partial charge in [-0.3, -0.25) is 0 Å². The summed E-state index contributed by atoms with van der Waals surface area (Å²) >= 11 is 3.62. The molecule has 0 saturated carbocycles. The van der Waals surface area contributed by atoms with E-state index in [1.54, 1.807) is 7.11 Å². The summed E-state index contributed by atoms with van der Waals surface area (Å²) < 4.78 is 11.0. The van der Waals surface area contributed by atoms with Crippen LogP contribution in [-0.2, 0) is 4.74 Å². The highest BCUT2D eigenvalue weighted by Crippen LogP contribution is 2.32. The maximum Gasteiger partial charge on any atom is 0.127 e. The quantitative estimate of drug-likeness (QED) is 0.566. The number of methoxy groups -OCH3 is 1. The van der Waals surface area contributed by atoms with Crippen molar-refractivity contribution in [1.82, 2.24) is 0 Å². The molecule has 1 atom stereocenters. The fraction of sp³-hybridized carbons (Fsp3) is 0.375. The van der Waals surface area contributed by atoms with E-state index in [1.165, 1.54) is 10.9 Å². The van der Waals surface area contributed by atoms with Crippen molar-refractivity contribution in [2.45, 2.75) is 18.2 Å². The van der Waals surface area contributed by atoms with E-state index in [2.05, 4.69) is 53.2 Å². The van der Waals surface area contributed by atoms with E-state index in [9.17, 15) is 0 Å². The molecule has 2 aromatic carbocycles. The number of benzene rings is 2. The minimum absolute atomic E-state index is 0.318. The van der Waals surface area contributed by atoms with Gasteiger partial charge >= 0.3 is 0 Å². The van der Waals surface area contributed by atoms with Crippen molar-refractivity contribution < 1.29 is 9.47 Å². The Labute approximate surface area is 122 Å². The molecule has 0 aromatic heterocycles. The highest BCUT2D eigenvalue weighted by Gasteiger charge is 2.08. The van der Waals surface area contributed by atoms with Crippen molar-refractivity contribution in [1.29, 1.82) is 0 Å². The molecular formula is C16H19BrO2. The minimum atomic E-state index is 0.318. The molecule has 2 rings (SSSR count). The van der Waals surface area contributed by atoms with Gasteiger partial charge in [-0.15, -0.1) is 0 Å². The lowest BCUT2D eigenvalue weighted by atomic mass is 10.0. The average molecular weight is 323 g/mol. The lowest BCUT2D eigenvalue weighted by molar-refractivity contribution is 0.172. The first-order chi connectivity index (χ1) is 9.22. The lowest BCUT2D eigenvalue weighted by Crippen LogP contribution is -2.02. The summed E-state index contributed by atoms with van der Waals surface area (Å²) in [5.74, 6) is 0.954. The summed E-state index contributed by atoms with van der Waals surface area (Å²) in [4.78, 5) is 0.318. The van der Waals surface area contributed by atoms with Crippen LogP contribution in [0.2, 0.25) is 0 Å². The molecule has 0 saturated heterocycles. The first-order valence-corrected chi connectivity index (χ1v) is 7.42. The molecule has 2 nitrogen and oxygen atoms in total. The molecule has 3 heteroatoms. The predicted molar refractivity (Wildman–Crippen MR) is 83.3 cm³/mol. The second-order valence-corrected chi connectivity index (χ2v) is 5.92. The Hall–Kier alpha value is -1.06. The number of alkyl halides is 1. The number of ether oxygens (including phenoxy) is 2. The molecule has 0 fully saturated rings. The second-order valence-electron chi connectivity index (χ2n) is 4.55. The highest BCUT2D eigenvalue weighted by atomic mass is 79.9. The number of hydrogen-bond acceptors (Lipinski definition) is 2. The van der Waals surface area contributed by atoms with Crippen molar-refractivity contribution in [3.63, 3.8) is 0 Å². The van der Waals surface area contributed by atoms with Crippen LogP contribution in [0.25, 0.3) is 10.8 Å². The van der Waals surface area contributed by atoms with Crippen molar-refractivity contribution >= 4 is 26.7 Å². The molecule has 0 spiro atoms. The number of halogens is 1. The first kappa shape index (κ1) is 14.4. The summed E-state index contributed by atoms with van der Waals surface area (Å²) in [6, 6.07) is 12.6. The number of rotatable bonds is 6. The molecule has 0 bridgehead atoms. The molecule has 0 heterocycles. The van der Waals surface area contributed by atoms with Gasteiger partial charge in [0.1, 0.15) is 5.75 Å². The van der Waals surface area contributed by atoms with Gasteiger partial charge in [-0.1, -0.05) is 40.2 Å². The molecule has 0 N–H and O–H groups in total. The molecule has 2 aromatic rings. The van der Waals surface area contributed by atoms with Gasteiger partial charge in [0.25, 0.3) is 0 Å². The van der Waals surface area contributed by atoms with Crippen LogP contribution in [0.5, 0.6) is 5.75 Å². The zero-order chi connectivity index (χ0) is 13.7. The van der Waals surface area contributed by atoms with E-state index in [0.717, 1.165) is 24.2 Å². The normalized spacial score (nSPS) is 12.6. The van der Waals surface area contributed by atoms with Gasteiger partial charge in [-0.05, 0) is 30.0 Å². The van der Waals surface area contributed by atoms with Crippen LogP contribution in [0, 0.1) is 0 Å². The zero-order valence-electron chi connectivity index (χ0n) is 11.4. The summed E-state index contributed by atoms with van der Waals surface area (Å²) in [6.45, 7) is 3.53. The Morgan fingerprint density at radius 3 is 2.68 bits per heavy atom. The summed E-state index contributed by atoms with van der Waals surface area (Å²) in [7, 11) is 1.71. The summed E-state index contributed by atoms with van der Waals surface area (Å²) in [5.41, 5.74) is 1.24. The van der Waals surface area contributed by atoms with E-state index in [0.29, 0.717) is 11.4 Å². The molecule has 0 aliphatic carbocycles. The number of hydrogen-bond donors (Lipinski definition) is 0. The monoisotopic (exact) mass is 322 g/mol. The van der Waals surface area contributed by atoms with Crippen LogP contribution in [-0.4, -0.2) is 20.3 Å². The van der Waals surface area contributed by atoms with Gasteiger partial charge in [0.05, 0.1) is 6.61 Å². The zero-order valence-corrected chi connectivity index (χ0v) is 12.9. The maximum atomic E-state index is 5.91. The minimum Gasteiger partial charge on any atom is -0.493 e. The van der Waals surface area contributed by atoms with Gasteiger partial charge in [0, 0.05) is 30.4 Å². The Morgan fingerprint density at radius 2 is 1.95 bits per heavy atom. The molecule has 19 heavy (non-hydrogen) atoms. The molecule has 0 radical (unpaired) electrons. The lowest BCUT2D eigenvalue weighted by Gasteiger charge is -2.13. The third kappa shape index (κ3) is 3.71. The highest BCUT2D eigenvalue weighted by molar-refractivity contribution is 9.09. The van der Waals surface area contributed by atoms with Crippen molar-refractivity contribution in [3.8, 4) is 5.75 Å². The smallest absolute Gasteiger partial charge is 0.127 e. The molecule has 0 aliphatic heterocycles. The van der Waals surface area contributed by atoms with Crippen LogP contribution < -0.4 is 4.74 Å². The largest absolute Gasteiger partial charge is 0.493 e. The van der Waals surface area contributed by atoms with Crippen LogP contribution in [0.4, 0.5) is 0 Å². The number of fused-ring (bicyclic) bond motifs is 1. The standard InChI is InChI=1S/C16H19BrO2/c1-12(17)14-10-13-6-3-4-7-15(13)16(11-14)19-9-5-8-18-2/h3-4,6-7,10-12H,5,8-9H2,1-2H3. The average Bonchev–Trinajstić information content (AvgIpc) is 2.43. The third-order valence-electron chi connectivity index (χ3n) is 3.06. The summed E-state index contributed by atoms with van der Waals surface area (Å²) in [5, 5.41) is 2.38. The second kappa shape index (κ2) is 6.92. The van der Waals surface area contributed by atoms with E-state index >= 15 is 0 Å². The third-order valence-corrected chi connectivity index (χ3v) is 3.58. The van der Waals surface area contributed by atoms with Crippen LogP contribution in [0.3, 0.4) is 0 Å². The van der Waals surface area contributed by atoms with Gasteiger partial charge < -0.3 is 9.47 Å². The SMILES string of the molecule is COCCCOc1cc(C(C)Br)cc2ccccc12. The van der Waals surface area contributed by atoms with Crippen molar-refractivity contribution in [3.05, 3.63) is 42.0 Å². The Balaban J connectivity index is 2.28. The Kier molecular flexibility index (Phi) is 5.23.